The van der Waals surface area contributed by atoms with E-state index in [1.807, 2.05) is 62.5 Å². The summed E-state index contributed by atoms with van der Waals surface area (Å²) in [7, 11) is 1.86. The fourth-order valence-electron chi connectivity index (χ4n) is 1.94. The van der Waals surface area contributed by atoms with E-state index in [1.165, 1.54) is 0 Å². The van der Waals surface area contributed by atoms with Crippen LogP contribution in [0.5, 0.6) is 0 Å². The third kappa shape index (κ3) is 3.51. The molecule has 20 heavy (non-hydrogen) atoms. The SMILES string of the molecule is CNc1ccccc1NCC(=O)Nc1ccccc1C. The lowest BCUT2D eigenvalue weighted by Crippen LogP contribution is -2.22. The summed E-state index contributed by atoms with van der Waals surface area (Å²) in [6.45, 7) is 2.20. The van der Waals surface area contributed by atoms with Gasteiger partial charge in [0.1, 0.15) is 0 Å². The Morgan fingerprint density at radius 1 is 0.950 bits per heavy atom. The second-order valence-corrected chi connectivity index (χ2v) is 4.51. The molecule has 0 saturated carbocycles. The molecule has 0 aromatic heterocycles. The molecule has 2 aromatic rings. The molecule has 104 valence electrons. The van der Waals surface area contributed by atoms with Crippen molar-refractivity contribution in [3.63, 3.8) is 0 Å². The number of hydrogen-bond donors (Lipinski definition) is 3. The van der Waals surface area contributed by atoms with Crippen LogP contribution in [-0.4, -0.2) is 19.5 Å². The number of anilines is 3. The van der Waals surface area contributed by atoms with Crippen molar-refractivity contribution in [2.45, 2.75) is 6.92 Å². The quantitative estimate of drug-likeness (QED) is 0.782. The summed E-state index contributed by atoms with van der Waals surface area (Å²) in [5, 5.41) is 9.11. The molecule has 4 nitrogen and oxygen atoms in total. The molecule has 0 aliphatic carbocycles. The number of aryl methyl sites for hydroxylation is 1. The van der Waals surface area contributed by atoms with Crippen LogP contribution in [0.1, 0.15) is 5.56 Å². The molecule has 3 N–H and O–H groups in total. The highest BCUT2D eigenvalue weighted by atomic mass is 16.1. The van der Waals surface area contributed by atoms with E-state index < -0.39 is 0 Å². The van der Waals surface area contributed by atoms with E-state index >= 15 is 0 Å². The maximum Gasteiger partial charge on any atom is 0.243 e. The molecular formula is C16H19N3O. The molecule has 0 saturated heterocycles. The van der Waals surface area contributed by atoms with Gasteiger partial charge in [0.05, 0.1) is 17.9 Å². The van der Waals surface area contributed by atoms with Gasteiger partial charge in [-0.2, -0.15) is 0 Å². The summed E-state index contributed by atoms with van der Waals surface area (Å²) in [6.07, 6.45) is 0. The summed E-state index contributed by atoms with van der Waals surface area (Å²) in [6, 6.07) is 15.5. The Kier molecular flexibility index (Phi) is 4.60. The van der Waals surface area contributed by atoms with Crippen LogP contribution in [0.4, 0.5) is 17.1 Å². The van der Waals surface area contributed by atoms with Crippen molar-refractivity contribution >= 4 is 23.0 Å². The van der Waals surface area contributed by atoms with Crippen molar-refractivity contribution in [1.82, 2.24) is 0 Å². The maximum atomic E-state index is 11.9. The van der Waals surface area contributed by atoms with E-state index in [4.69, 9.17) is 0 Å². The fourth-order valence-corrected chi connectivity index (χ4v) is 1.94. The van der Waals surface area contributed by atoms with Crippen LogP contribution in [0.15, 0.2) is 48.5 Å². The zero-order chi connectivity index (χ0) is 14.4. The standard InChI is InChI=1S/C16H19N3O/c1-12-7-3-4-8-13(12)19-16(20)11-18-15-10-6-5-9-14(15)17-2/h3-10,17-18H,11H2,1-2H3,(H,19,20). The van der Waals surface area contributed by atoms with Crippen LogP contribution in [0.2, 0.25) is 0 Å². The highest BCUT2D eigenvalue weighted by molar-refractivity contribution is 5.94. The van der Waals surface area contributed by atoms with Gasteiger partial charge < -0.3 is 16.0 Å². The van der Waals surface area contributed by atoms with Gasteiger partial charge in [0.2, 0.25) is 5.91 Å². The van der Waals surface area contributed by atoms with Crippen LogP contribution in [0.25, 0.3) is 0 Å². The largest absolute Gasteiger partial charge is 0.386 e. The van der Waals surface area contributed by atoms with Gasteiger partial charge in [-0.15, -0.1) is 0 Å². The minimum Gasteiger partial charge on any atom is -0.386 e. The Balaban J connectivity index is 1.94. The van der Waals surface area contributed by atoms with Crippen molar-refractivity contribution < 1.29 is 4.79 Å². The number of nitrogens with one attached hydrogen (secondary N) is 3. The second-order valence-electron chi connectivity index (χ2n) is 4.51. The normalized spacial score (nSPS) is 9.90. The summed E-state index contributed by atoms with van der Waals surface area (Å²) < 4.78 is 0. The minimum absolute atomic E-state index is 0.0646. The number of para-hydroxylation sites is 3. The van der Waals surface area contributed by atoms with E-state index in [0.29, 0.717) is 0 Å². The molecule has 0 unspecified atom stereocenters. The van der Waals surface area contributed by atoms with Crippen LogP contribution < -0.4 is 16.0 Å². The zero-order valence-corrected chi connectivity index (χ0v) is 11.7. The monoisotopic (exact) mass is 269 g/mol. The lowest BCUT2D eigenvalue weighted by Gasteiger charge is -2.12. The molecule has 0 aliphatic heterocycles. The van der Waals surface area contributed by atoms with E-state index in [9.17, 15) is 4.79 Å². The summed E-state index contributed by atoms with van der Waals surface area (Å²) >= 11 is 0. The third-order valence-electron chi connectivity index (χ3n) is 3.05. The Bertz CT molecular complexity index is 596. The number of rotatable bonds is 5. The van der Waals surface area contributed by atoms with Crippen molar-refractivity contribution in [2.24, 2.45) is 0 Å². The predicted molar refractivity (Wildman–Crippen MR) is 84.3 cm³/mol. The van der Waals surface area contributed by atoms with Crippen LogP contribution in [-0.2, 0) is 4.79 Å². The first-order valence-electron chi connectivity index (χ1n) is 6.57. The van der Waals surface area contributed by atoms with Crippen molar-refractivity contribution in [3.05, 3.63) is 54.1 Å². The smallest absolute Gasteiger partial charge is 0.243 e. The first-order chi connectivity index (χ1) is 9.70. The molecule has 2 aromatic carbocycles. The zero-order valence-electron chi connectivity index (χ0n) is 11.7. The lowest BCUT2D eigenvalue weighted by atomic mass is 10.2. The lowest BCUT2D eigenvalue weighted by molar-refractivity contribution is -0.114. The number of carbonyl (C=O) groups is 1. The van der Waals surface area contributed by atoms with Crippen molar-refractivity contribution in [3.8, 4) is 0 Å². The van der Waals surface area contributed by atoms with Crippen LogP contribution >= 0.6 is 0 Å². The predicted octanol–water partition coefficient (Wildman–Crippen LogP) is 3.09. The topological polar surface area (TPSA) is 53.2 Å². The van der Waals surface area contributed by atoms with Crippen molar-refractivity contribution in [2.75, 3.05) is 29.5 Å². The van der Waals surface area contributed by atoms with Crippen molar-refractivity contribution in [1.29, 1.82) is 0 Å². The summed E-state index contributed by atoms with van der Waals surface area (Å²) in [4.78, 5) is 11.9. The Hall–Kier alpha value is -2.49. The number of benzene rings is 2. The molecule has 0 radical (unpaired) electrons. The molecule has 2 rings (SSSR count). The highest BCUT2D eigenvalue weighted by Gasteiger charge is 2.05. The van der Waals surface area contributed by atoms with E-state index in [-0.39, 0.29) is 12.5 Å². The average Bonchev–Trinajstić information content (AvgIpc) is 2.48. The van der Waals surface area contributed by atoms with Gasteiger partial charge in [0.15, 0.2) is 0 Å². The van der Waals surface area contributed by atoms with Gasteiger partial charge in [-0.1, -0.05) is 30.3 Å². The van der Waals surface area contributed by atoms with E-state index in [0.717, 1.165) is 22.6 Å². The molecule has 0 fully saturated rings. The van der Waals surface area contributed by atoms with Gasteiger partial charge in [-0.25, -0.2) is 0 Å². The number of hydrogen-bond acceptors (Lipinski definition) is 3. The minimum atomic E-state index is -0.0646. The fraction of sp³-hybridized carbons (Fsp3) is 0.188. The third-order valence-corrected chi connectivity index (χ3v) is 3.05. The molecule has 0 spiro atoms. The molecule has 0 aliphatic rings. The molecule has 0 atom stereocenters. The Morgan fingerprint density at radius 3 is 2.20 bits per heavy atom. The number of carbonyl (C=O) groups excluding carboxylic acids is 1. The summed E-state index contributed by atoms with van der Waals surface area (Å²) in [5.74, 6) is -0.0646. The number of amides is 1. The molecular weight excluding hydrogens is 250 g/mol. The average molecular weight is 269 g/mol. The second kappa shape index (κ2) is 6.61. The van der Waals surface area contributed by atoms with Gasteiger partial charge in [0, 0.05) is 12.7 Å². The van der Waals surface area contributed by atoms with E-state index in [2.05, 4.69) is 16.0 Å². The van der Waals surface area contributed by atoms with Crippen LogP contribution in [0, 0.1) is 6.92 Å². The molecule has 4 heteroatoms. The summed E-state index contributed by atoms with van der Waals surface area (Å²) in [5.41, 5.74) is 3.78. The van der Waals surface area contributed by atoms with Crippen LogP contribution in [0.3, 0.4) is 0 Å². The first kappa shape index (κ1) is 13.9. The van der Waals surface area contributed by atoms with Gasteiger partial charge >= 0.3 is 0 Å². The molecule has 1 amide bonds. The maximum absolute atomic E-state index is 11.9. The van der Waals surface area contributed by atoms with E-state index in [1.54, 1.807) is 0 Å². The van der Waals surface area contributed by atoms with Gasteiger partial charge in [-0.05, 0) is 30.7 Å². The molecule has 0 bridgehead atoms. The highest BCUT2D eigenvalue weighted by Crippen LogP contribution is 2.19. The Morgan fingerprint density at radius 2 is 1.55 bits per heavy atom. The van der Waals surface area contributed by atoms with Gasteiger partial charge in [0.25, 0.3) is 0 Å². The molecule has 0 heterocycles. The van der Waals surface area contributed by atoms with Gasteiger partial charge in [-0.3, -0.25) is 4.79 Å². The Labute approximate surface area is 119 Å². The first-order valence-corrected chi connectivity index (χ1v) is 6.57.